The molecule has 1 aliphatic carbocycles. The average molecular weight is 314 g/mol. The lowest BCUT2D eigenvalue weighted by Gasteiger charge is -2.08. The molecule has 0 bridgehead atoms. The van der Waals surface area contributed by atoms with Crippen molar-refractivity contribution in [3.8, 4) is 0 Å². The fraction of sp³-hybridized carbons (Fsp3) is 0.714. The summed E-state index contributed by atoms with van der Waals surface area (Å²) in [5, 5.41) is 2.93. The maximum atomic E-state index is 11.9. The lowest BCUT2D eigenvalue weighted by molar-refractivity contribution is 0.0956. The van der Waals surface area contributed by atoms with Crippen LogP contribution in [0.4, 0.5) is 0 Å². The molecule has 1 heterocycles. The van der Waals surface area contributed by atoms with Crippen molar-refractivity contribution in [2.45, 2.75) is 49.8 Å². The van der Waals surface area contributed by atoms with Gasteiger partial charge in [0.05, 0.1) is 17.0 Å². The van der Waals surface area contributed by atoms with Crippen LogP contribution in [0.3, 0.4) is 0 Å². The zero-order valence-corrected chi connectivity index (χ0v) is 13.5. The van der Waals surface area contributed by atoms with E-state index in [2.05, 4.69) is 10.3 Å². The molecular weight excluding hydrogens is 292 g/mol. The van der Waals surface area contributed by atoms with Gasteiger partial charge in [-0.2, -0.15) is 0 Å². The highest BCUT2D eigenvalue weighted by Gasteiger charge is 2.15. The van der Waals surface area contributed by atoms with Gasteiger partial charge in [-0.15, -0.1) is 11.3 Å². The van der Waals surface area contributed by atoms with Crippen LogP contribution in [0.15, 0.2) is 10.5 Å². The monoisotopic (exact) mass is 314 g/mol. The van der Waals surface area contributed by atoms with Gasteiger partial charge in [-0.05, 0) is 18.8 Å². The Morgan fingerprint density at radius 3 is 2.95 bits per heavy atom. The fourth-order valence-corrected chi connectivity index (χ4v) is 4.55. The van der Waals surface area contributed by atoms with Gasteiger partial charge in [-0.25, -0.2) is 4.98 Å². The lowest BCUT2D eigenvalue weighted by atomic mass is 10.0. The van der Waals surface area contributed by atoms with E-state index in [1.54, 1.807) is 0 Å². The van der Waals surface area contributed by atoms with E-state index in [9.17, 15) is 9.00 Å². The molecule has 1 aromatic heterocycles. The number of hydrogen-bond donors (Lipinski definition) is 1. The molecule has 0 aromatic carbocycles. The van der Waals surface area contributed by atoms with Crippen LogP contribution in [0, 0.1) is 5.92 Å². The predicted octanol–water partition coefficient (Wildman–Crippen LogP) is 2.97. The van der Waals surface area contributed by atoms with Gasteiger partial charge in [0.1, 0.15) is 4.88 Å². The van der Waals surface area contributed by atoms with Gasteiger partial charge in [-0.1, -0.05) is 32.6 Å². The summed E-state index contributed by atoms with van der Waals surface area (Å²) in [6, 6.07) is 0. The molecule has 1 N–H and O–H groups in total. The first-order valence-corrected chi connectivity index (χ1v) is 9.46. The molecule has 20 heavy (non-hydrogen) atoms. The van der Waals surface area contributed by atoms with Crippen LogP contribution >= 0.6 is 11.3 Å². The van der Waals surface area contributed by atoms with Crippen LogP contribution in [0.25, 0.3) is 0 Å². The minimum absolute atomic E-state index is 0.0896. The SMILES string of the molecule is CCS(=O)c1ncc(C(=O)NCCCC2CCCC2)s1. The van der Waals surface area contributed by atoms with Crippen LogP contribution in [-0.2, 0) is 10.8 Å². The summed E-state index contributed by atoms with van der Waals surface area (Å²) in [6.07, 6.45) is 9.24. The Labute approximate surface area is 126 Å². The molecule has 1 aromatic rings. The van der Waals surface area contributed by atoms with Crippen LogP contribution < -0.4 is 5.32 Å². The van der Waals surface area contributed by atoms with E-state index in [0.29, 0.717) is 15.0 Å². The molecule has 1 fully saturated rings. The molecule has 4 nitrogen and oxygen atoms in total. The van der Waals surface area contributed by atoms with Crippen LogP contribution in [0.2, 0.25) is 0 Å². The summed E-state index contributed by atoms with van der Waals surface area (Å²) in [5.74, 6) is 1.32. The molecule has 0 aliphatic heterocycles. The van der Waals surface area contributed by atoms with Gasteiger partial charge < -0.3 is 5.32 Å². The third-order valence-electron chi connectivity index (χ3n) is 3.71. The molecule has 0 radical (unpaired) electrons. The van der Waals surface area contributed by atoms with Gasteiger partial charge in [-0.3, -0.25) is 9.00 Å². The Hall–Kier alpha value is -0.750. The second kappa shape index (κ2) is 7.88. The van der Waals surface area contributed by atoms with Gasteiger partial charge in [0, 0.05) is 12.3 Å². The van der Waals surface area contributed by atoms with Crippen LogP contribution in [0.5, 0.6) is 0 Å². The molecule has 1 atom stereocenters. The van der Waals surface area contributed by atoms with Gasteiger partial charge in [0.25, 0.3) is 5.91 Å². The normalized spacial score (nSPS) is 17.2. The molecule has 1 saturated carbocycles. The Balaban J connectivity index is 1.71. The second-order valence-corrected chi connectivity index (χ2v) is 8.12. The number of nitrogens with zero attached hydrogens (tertiary/aromatic N) is 1. The average Bonchev–Trinajstić information content (AvgIpc) is 3.13. The van der Waals surface area contributed by atoms with Crippen molar-refractivity contribution in [2.75, 3.05) is 12.3 Å². The van der Waals surface area contributed by atoms with Crippen molar-refractivity contribution < 1.29 is 9.00 Å². The standard InChI is InChI=1S/C14H22N2O2S2/c1-2-20(18)14-16-10-12(19-14)13(17)15-9-5-8-11-6-3-4-7-11/h10-11H,2-9H2,1H3,(H,15,17). The van der Waals surface area contributed by atoms with Gasteiger partial charge in [0.2, 0.25) is 0 Å². The molecule has 112 valence electrons. The zero-order chi connectivity index (χ0) is 14.4. The minimum Gasteiger partial charge on any atom is -0.351 e. The predicted molar refractivity (Wildman–Crippen MR) is 82.6 cm³/mol. The Kier molecular flexibility index (Phi) is 6.16. The molecule has 1 amide bonds. The van der Waals surface area contributed by atoms with E-state index >= 15 is 0 Å². The Morgan fingerprint density at radius 2 is 2.25 bits per heavy atom. The van der Waals surface area contributed by atoms with Crippen LogP contribution in [-0.4, -0.2) is 27.4 Å². The van der Waals surface area contributed by atoms with Crippen molar-refractivity contribution in [1.82, 2.24) is 10.3 Å². The number of carbonyl (C=O) groups excluding carboxylic acids is 1. The summed E-state index contributed by atoms with van der Waals surface area (Å²) in [7, 11) is -1.07. The molecule has 0 spiro atoms. The highest BCUT2D eigenvalue weighted by atomic mass is 32.2. The second-order valence-electron chi connectivity index (χ2n) is 5.17. The Morgan fingerprint density at radius 1 is 1.50 bits per heavy atom. The van der Waals surface area contributed by atoms with E-state index in [0.717, 1.165) is 18.9 Å². The maximum Gasteiger partial charge on any atom is 0.263 e. The first-order chi connectivity index (χ1) is 9.70. The summed E-state index contributed by atoms with van der Waals surface area (Å²) in [4.78, 5) is 16.5. The van der Waals surface area contributed by atoms with E-state index in [-0.39, 0.29) is 5.91 Å². The van der Waals surface area contributed by atoms with Crippen molar-refractivity contribution in [3.05, 3.63) is 11.1 Å². The zero-order valence-electron chi connectivity index (χ0n) is 11.9. The molecule has 1 aliphatic rings. The minimum atomic E-state index is -1.07. The molecular formula is C14H22N2O2S2. The number of thiazole rings is 1. The topological polar surface area (TPSA) is 59.1 Å². The largest absolute Gasteiger partial charge is 0.351 e. The van der Waals surface area contributed by atoms with Gasteiger partial charge >= 0.3 is 0 Å². The quantitative estimate of drug-likeness (QED) is 0.787. The lowest BCUT2D eigenvalue weighted by Crippen LogP contribution is -2.23. The number of aromatic nitrogens is 1. The van der Waals surface area contributed by atoms with Crippen molar-refractivity contribution in [2.24, 2.45) is 5.92 Å². The summed E-state index contributed by atoms with van der Waals surface area (Å²) < 4.78 is 12.1. The van der Waals surface area contributed by atoms with E-state index in [1.807, 2.05) is 6.92 Å². The fourth-order valence-electron chi connectivity index (χ4n) is 2.57. The van der Waals surface area contributed by atoms with E-state index < -0.39 is 10.8 Å². The summed E-state index contributed by atoms with van der Waals surface area (Å²) in [5.41, 5.74) is 0. The third kappa shape index (κ3) is 4.38. The highest BCUT2D eigenvalue weighted by Crippen LogP contribution is 2.28. The van der Waals surface area contributed by atoms with Gasteiger partial charge in [0.15, 0.2) is 4.34 Å². The highest BCUT2D eigenvalue weighted by molar-refractivity contribution is 7.87. The van der Waals surface area contributed by atoms with E-state index in [1.165, 1.54) is 49.6 Å². The number of amides is 1. The third-order valence-corrected chi connectivity index (χ3v) is 6.33. The number of rotatable bonds is 7. The maximum absolute atomic E-state index is 11.9. The number of hydrogen-bond acceptors (Lipinski definition) is 4. The van der Waals surface area contributed by atoms with E-state index in [4.69, 9.17) is 0 Å². The molecule has 0 saturated heterocycles. The first-order valence-electron chi connectivity index (χ1n) is 7.33. The molecule has 2 rings (SSSR count). The van der Waals surface area contributed by atoms with Crippen molar-refractivity contribution in [1.29, 1.82) is 0 Å². The van der Waals surface area contributed by atoms with Crippen LogP contribution in [0.1, 0.15) is 55.1 Å². The first kappa shape index (κ1) is 15.6. The number of carbonyl (C=O) groups is 1. The Bertz CT molecular complexity index is 467. The van der Waals surface area contributed by atoms with Crippen molar-refractivity contribution >= 4 is 28.0 Å². The summed E-state index contributed by atoms with van der Waals surface area (Å²) >= 11 is 1.23. The molecule has 1 unspecified atom stereocenters. The number of nitrogens with one attached hydrogen (secondary N) is 1. The summed E-state index contributed by atoms with van der Waals surface area (Å²) in [6.45, 7) is 2.57. The molecule has 6 heteroatoms. The van der Waals surface area contributed by atoms with Crippen molar-refractivity contribution in [3.63, 3.8) is 0 Å². The smallest absolute Gasteiger partial charge is 0.263 e.